The summed E-state index contributed by atoms with van der Waals surface area (Å²) in [6.45, 7) is 5.13. The second kappa shape index (κ2) is 11.9. The number of rotatable bonds is 9. The largest absolute Gasteiger partial charge is 0.468 e. The van der Waals surface area contributed by atoms with Crippen molar-refractivity contribution in [2.75, 3.05) is 38.8 Å². The van der Waals surface area contributed by atoms with E-state index >= 15 is 0 Å². The molecule has 2 rings (SSSR count). The molecule has 1 heterocycles. The summed E-state index contributed by atoms with van der Waals surface area (Å²) >= 11 is 1.77. The van der Waals surface area contributed by atoms with Crippen LogP contribution in [-0.4, -0.2) is 50.8 Å². The number of hydrogen-bond donors (Lipinski definition) is 2. The highest BCUT2D eigenvalue weighted by atomic mass is 35.5. The Kier molecular flexibility index (Phi) is 10.6. The van der Waals surface area contributed by atoms with Gasteiger partial charge in [-0.15, -0.1) is 12.4 Å². The van der Waals surface area contributed by atoms with Gasteiger partial charge in [-0.25, -0.2) is 0 Å². The minimum atomic E-state index is -0.207. The van der Waals surface area contributed by atoms with E-state index < -0.39 is 0 Å². The molecule has 0 amide bonds. The summed E-state index contributed by atoms with van der Waals surface area (Å²) in [5.41, 5.74) is 2.97. The molecule has 0 radical (unpaired) electrons. The molecule has 1 fully saturated rings. The van der Waals surface area contributed by atoms with Crippen LogP contribution in [0.2, 0.25) is 0 Å². The zero-order valence-corrected chi connectivity index (χ0v) is 17.8. The molecule has 6 heteroatoms. The zero-order chi connectivity index (χ0) is 18.1. The first-order chi connectivity index (χ1) is 12.1. The summed E-state index contributed by atoms with van der Waals surface area (Å²) in [5, 5.41) is 7.01. The normalized spacial score (nSPS) is 17.2. The summed E-state index contributed by atoms with van der Waals surface area (Å²) in [6, 6.07) is 8.45. The lowest BCUT2D eigenvalue weighted by atomic mass is 9.73. The van der Waals surface area contributed by atoms with E-state index in [-0.39, 0.29) is 29.8 Å². The number of carbonyl (C=O) groups excluding carboxylic acids is 1. The predicted molar refractivity (Wildman–Crippen MR) is 113 cm³/mol. The third-order valence-electron chi connectivity index (χ3n) is 5.31. The Balaban J connectivity index is 0.00000338. The van der Waals surface area contributed by atoms with Crippen LogP contribution in [0.5, 0.6) is 0 Å². The minimum absolute atomic E-state index is 0. The maximum Gasteiger partial charge on any atom is 0.322 e. The van der Waals surface area contributed by atoms with E-state index in [0.29, 0.717) is 0 Å². The van der Waals surface area contributed by atoms with Crippen LogP contribution in [-0.2, 0) is 16.0 Å². The van der Waals surface area contributed by atoms with Gasteiger partial charge in [-0.1, -0.05) is 24.3 Å². The minimum Gasteiger partial charge on any atom is -0.468 e. The van der Waals surface area contributed by atoms with Gasteiger partial charge in [0.25, 0.3) is 0 Å². The lowest BCUT2D eigenvalue weighted by Gasteiger charge is -2.39. The average Bonchev–Trinajstić information content (AvgIpc) is 2.64. The van der Waals surface area contributed by atoms with Gasteiger partial charge in [0.15, 0.2) is 0 Å². The zero-order valence-electron chi connectivity index (χ0n) is 16.2. The van der Waals surface area contributed by atoms with Crippen molar-refractivity contribution in [2.45, 2.75) is 38.6 Å². The number of methoxy groups -OCH3 is 1. The molecule has 4 nitrogen and oxygen atoms in total. The van der Waals surface area contributed by atoms with Crippen molar-refractivity contribution >= 4 is 30.1 Å². The van der Waals surface area contributed by atoms with Gasteiger partial charge >= 0.3 is 5.97 Å². The molecule has 1 atom stereocenters. The molecule has 0 spiro atoms. The molecule has 1 saturated heterocycles. The smallest absolute Gasteiger partial charge is 0.322 e. The maximum absolute atomic E-state index is 12.1. The highest BCUT2D eigenvalue weighted by Gasteiger charge is 2.34. The molecule has 1 aromatic rings. The van der Waals surface area contributed by atoms with Gasteiger partial charge in [0.1, 0.15) is 6.04 Å². The number of aryl methyl sites for hydroxylation is 1. The first-order valence-electron chi connectivity index (χ1n) is 9.15. The molecule has 1 aliphatic rings. The van der Waals surface area contributed by atoms with Gasteiger partial charge in [0.05, 0.1) is 7.11 Å². The first kappa shape index (κ1) is 23.3. The Bertz CT molecular complexity index is 550. The third-order valence-corrected chi connectivity index (χ3v) is 5.95. The third kappa shape index (κ3) is 6.76. The lowest BCUT2D eigenvalue weighted by Crippen LogP contribution is -2.49. The second-order valence-electron chi connectivity index (χ2n) is 7.09. The van der Waals surface area contributed by atoms with E-state index in [4.69, 9.17) is 4.74 Å². The van der Waals surface area contributed by atoms with Crippen molar-refractivity contribution in [1.29, 1.82) is 0 Å². The quantitative estimate of drug-likeness (QED) is 0.623. The summed E-state index contributed by atoms with van der Waals surface area (Å²) in [5.74, 6) is 0.813. The van der Waals surface area contributed by atoms with Crippen LogP contribution >= 0.6 is 24.2 Å². The highest BCUT2D eigenvalue weighted by Crippen LogP contribution is 2.33. The molecule has 0 aliphatic carbocycles. The van der Waals surface area contributed by atoms with Crippen LogP contribution < -0.4 is 10.6 Å². The van der Waals surface area contributed by atoms with Gasteiger partial charge < -0.3 is 15.4 Å². The van der Waals surface area contributed by atoms with Crippen molar-refractivity contribution in [3.8, 4) is 0 Å². The van der Waals surface area contributed by atoms with E-state index in [1.165, 1.54) is 18.2 Å². The summed E-state index contributed by atoms with van der Waals surface area (Å²) in [6.07, 6.45) is 6.20. The molecular formula is C20H33ClN2O2S. The van der Waals surface area contributed by atoms with E-state index in [9.17, 15) is 4.79 Å². The molecule has 26 heavy (non-hydrogen) atoms. The number of ether oxygens (including phenoxy) is 1. The molecule has 2 N–H and O–H groups in total. The Hall–Kier alpha value is -0.750. The molecular weight excluding hydrogens is 368 g/mol. The van der Waals surface area contributed by atoms with Gasteiger partial charge in [-0.05, 0) is 74.2 Å². The lowest BCUT2D eigenvalue weighted by molar-refractivity contribution is -0.143. The molecule has 0 saturated carbocycles. The molecule has 1 aromatic carbocycles. The van der Waals surface area contributed by atoms with Crippen LogP contribution in [0.25, 0.3) is 0 Å². The fraction of sp³-hybridized carbons (Fsp3) is 0.650. The van der Waals surface area contributed by atoms with Crippen molar-refractivity contribution in [1.82, 2.24) is 10.6 Å². The molecule has 0 unspecified atom stereocenters. The van der Waals surface area contributed by atoms with Crippen LogP contribution in [0.1, 0.15) is 30.4 Å². The molecule has 0 bridgehead atoms. The van der Waals surface area contributed by atoms with Crippen molar-refractivity contribution < 1.29 is 9.53 Å². The van der Waals surface area contributed by atoms with Crippen molar-refractivity contribution in [3.05, 3.63) is 35.4 Å². The average molecular weight is 401 g/mol. The number of esters is 1. The van der Waals surface area contributed by atoms with Crippen molar-refractivity contribution in [3.63, 3.8) is 0 Å². The summed E-state index contributed by atoms with van der Waals surface area (Å²) in [7, 11) is 1.48. The maximum atomic E-state index is 12.1. The highest BCUT2D eigenvalue weighted by molar-refractivity contribution is 7.98. The van der Waals surface area contributed by atoms with Gasteiger partial charge in [0, 0.05) is 6.54 Å². The Labute approximate surface area is 168 Å². The number of thioether (sulfide) groups is 1. The van der Waals surface area contributed by atoms with E-state index in [2.05, 4.69) is 48.1 Å². The SMILES string of the molecule is COC(=O)[C@H](CCSC)NCC1(Cc2ccccc2C)CCNCC1.Cl. The number of carbonyl (C=O) groups is 1. The van der Waals surface area contributed by atoms with Crippen LogP contribution in [0, 0.1) is 12.3 Å². The van der Waals surface area contributed by atoms with E-state index in [1.807, 2.05) is 0 Å². The first-order valence-corrected chi connectivity index (χ1v) is 10.5. The number of piperidine rings is 1. The van der Waals surface area contributed by atoms with Gasteiger partial charge in [-0.2, -0.15) is 11.8 Å². The monoisotopic (exact) mass is 400 g/mol. The van der Waals surface area contributed by atoms with Gasteiger partial charge in [-0.3, -0.25) is 4.79 Å². The molecule has 148 valence electrons. The molecule has 1 aliphatic heterocycles. The van der Waals surface area contributed by atoms with Crippen LogP contribution in [0.4, 0.5) is 0 Å². The Morgan fingerprint density at radius 2 is 2.04 bits per heavy atom. The number of hydrogen-bond acceptors (Lipinski definition) is 5. The predicted octanol–water partition coefficient (Wildman–Crippen LogP) is 3.21. The molecule has 0 aromatic heterocycles. The standard InChI is InChI=1S/C20H32N2O2S.ClH/c1-16-6-4-5-7-17(16)14-20(9-11-21-12-10-20)15-22-18(8-13-25-3)19(23)24-2;/h4-7,18,21-22H,8-15H2,1-3H3;1H/t18-;/m0./s1. The van der Waals surface area contributed by atoms with Crippen LogP contribution in [0.15, 0.2) is 24.3 Å². The number of halogens is 1. The van der Waals surface area contributed by atoms with E-state index in [0.717, 1.165) is 51.1 Å². The summed E-state index contributed by atoms with van der Waals surface area (Å²) in [4.78, 5) is 12.1. The van der Waals surface area contributed by atoms with Gasteiger partial charge in [0.2, 0.25) is 0 Å². The van der Waals surface area contributed by atoms with E-state index in [1.54, 1.807) is 11.8 Å². The number of nitrogens with one attached hydrogen (secondary N) is 2. The van der Waals surface area contributed by atoms with Crippen LogP contribution in [0.3, 0.4) is 0 Å². The fourth-order valence-corrected chi connectivity index (χ4v) is 4.08. The second-order valence-corrected chi connectivity index (χ2v) is 8.08. The Morgan fingerprint density at radius 3 is 2.65 bits per heavy atom. The topological polar surface area (TPSA) is 50.4 Å². The Morgan fingerprint density at radius 1 is 1.35 bits per heavy atom. The fourth-order valence-electron chi connectivity index (χ4n) is 3.61. The van der Waals surface area contributed by atoms with Crippen molar-refractivity contribution in [2.24, 2.45) is 5.41 Å². The number of benzene rings is 1. The summed E-state index contributed by atoms with van der Waals surface area (Å²) < 4.78 is 5.00.